The molecule has 1 aliphatic heterocycles. The van der Waals surface area contributed by atoms with Crippen LogP contribution < -0.4 is 10.6 Å². The van der Waals surface area contributed by atoms with Crippen LogP contribution in [0.2, 0.25) is 0 Å². The quantitative estimate of drug-likeness (QED) is 0.291. The number of guanidine groups is 1. The van der Waals surface area contributed by atoms with Crippen molar-refractivity contribution in [3.05, 3.63) is 70.8 Å². The number of hydrogen-bond donors (Lipinski definition) is 2. The summed E-state index contributed by atoms with van der Waals surface area (Å²) in [5.74, 6) is 0.808. The number of amides is 1. The number of piperidine rings is 1. The molecular formula is C26H38IN5O. The Kier molecular flexibility index (Phi) is 11.7. The smallest absolute Gasteiger partial charge is 0.253 e. The van der Waals surface area contributed by atoms with Crippen LogP contribution in [0, 0.1) is 0 Å². The third kappa shape index (κ3) is 8.97. The van der Waals surface area contributed by atoms with E-state index in [4.69, 9.17) is 0 Å². The van der Waals surface area contributed by atoms with Crippen molar-refractivity contribution in [1.82, 2.24) is 20.4 Å². The maximum atomic E-state index is 12.1. The summed E-state index contributed by atoms with van der Waals surface area (Å²) in [4.78, 5) is 20.6. The highest BCUT2D eigenvalue weighted by Crippen LogP contribution is 2.13. The van der Waals surface area contributed by atoms with Crippen LogP contribution in [-0.2, 0) is 19.5 Å². The Balaban J connectivity index is 0.00000385. The first-order chi connectivity index (χ1) is 15.5. The largest absolute Gasteiger partial charge is 0.356 e. The van der Waals surface area contributed by atoms with Gasteiger partial charge >= 0.3 is 0 Å². The lowest BCUT2D eigenvalue weighted by atomic mass is 10.1. The lowest BCUT2D eigenvalue weighted by Gasteiger charge is -2.26. The second-order valence-corrected chi connectivity index (χ2v) is 8.66. The number of likely N-dealkylation sites (tertiary alicyclic amines) is 1. The molecule has 0 unspecified atom stereocenters. The van der Waals surface area contributed by atoms with Crippen LogP contribution in [0.1, 0.15) is 46.3 Å². The predicted octanol–water partition coefficient (Wildman–Crippen LogP) is 3.90. The fraction of sp³-hybridized carbons (Fsp3) is 0.462. The van der Waals surface area contributed by atoms with Crippen LogP contribution in [0.25, 0.3) is 0 Å². The summed E-state index contributed by atoms with van der Waals surface area (Å²) in [6.45, 7) is 4.98. The van der Waals surface area contributed by atoms with Crippen LogP contribution in [0.4, 0.5) is 0 Å². The second-order valence-electron chi connectivity index (χ2n) is 8.66. The minimum absolute atomic E-state index is 0. The minimum atomic E-state index is 0. The Morgan fingerprint density at radius 1 is 0.970 bits per heavy atom. The third-order valence-corrected chi connectivity index (χ3v) is 5.85. The van der Waals surface area contributed by atoms with Crippen molar-refractivity contribution in [1.29, 1.82) is 0 Å². The molecule has 1 amide bonds. The summed E-state index contributed by atoms with van der Waals surface area (Å²) in [6.07, 6.45) is 4.85. The summed E-state index contributed by atoms with van der Waals surface area (Å²) >= 11 is 0. The fourth-order valence-corrected chi connectivity index (χ4v) is 3.99. The highest BCUT2D eigenvalue weighted by atomic mass is 127. The van der Waals surface area contributed by atoms with Crippen LogP contribution >= 0.6 is 24.0 Å². The molecule has 0 spiro atoms. The van der Waals surface area contributed by atoms with Gasteiger partial charge in [-0.3, -0.25) is 14.7 Å². The zero-order valence-corrected chi connectivity index (χ0v) is 22.5. The Morgan fingerprint density at radius 2 is 1.67 bits per heavy atom. The number of benzene rings is 2. The average molecular weight is 564 g/mol. The number of hydrogen-bond acceptors (Lipinski definition) is 3. The molecule has 0 saturated carbocycles. The van der Waals surface area contributed by atoms with Gasteiger partial charge in [-0.25, -0.2) is 0 Å². The van der Waals surface area contributed by atoms with E-state index >= 15 is 0 Å². The van der Waals surface area contributed by atoms with Gasteiger partial charge in [0.1, 0.15) is 0 Å². The van der Waals surface area contributed by atoms with E-state index in [9.17, 15) is 4.79 Å². The van der Waals surface area contributed by atoms with Crippen LogP contribution in [0.15, 0.2) is 53.5 Å². The number of nitrogens with zero attached hydrogens (tertiary/aromatic N) is 3. The van der Waals surface area contributed by atoms with E-state index in [1.165, 1.54) is 43.5 Å². The molecule has 0 bridgehead atoms. The molecule has 0 atom stereocenters. The SMILES string of the molecule is CN=C(NCCc1cccc(C(=O)N(C)C)c1)NCc1ccc(CN2CCCCC2)cc1.I. The summed E-state index contributed by atoms with van der Waals surface area (Å²) < 4.78 is 0. The van der Waals surface area contributed by atoms with Gasteiger partial charge in [-0.15, -0.1) is 24.0 Å². The normalized spacial score (nSPS) is 14.3. The van der Waals surface area contributed by atoms with Gasteiger partial charge in [0, 0.05) is 46.3 Å². The fourth-order valence-electron chi connectivity index (χ4n) is 3.99. The molecular weight excluding hydrogens is 525 g/mol. The highest BCUT2D eigenvalue weighted by Gasteiger charge is 2.10. The molecule has 1 saturated heterocycles. The summed E-state index contributed by atoms with van der Waals surface area (Å²) in [7, 11) is 5.33. The first-order valence-corrected chi connectivity index (χ1v) is 11.6. The monoisotopic (exact) mass is 563 g/mol. The molecule has 1 heterocycles. The zero-order valence-electron chi connectivity index (χ0n) is 20.1. The van der Waals surface area contributed by atoms with E-state index < -0.39 is 0 Å². The number of halogens is 1. The first kappa shape index (κ1) is 27.1. The van der Waals surface area contributed by atoms with E-state index in [2.05, 4.69) is 50.9 Å². The first-order valence-electron chi connectivity index (χ1n) is 11.6. The van der Waals surface area contributed by atoms with Crippen molar-refractivity contribution in [3.8, 4) is 0 Å². The van der Waals surface area contributed by atoms with Crippen molar-refractivity contribution >= 4 is 35.8 Å². The Morgan fingerprint density at radius 3 is 2.33 bits per heavy atom. The highest BCUT2D eigenvalue weighted by molar-refractivity contribution is 14.0. The third-order valence-electron chi connectivity index (χ3n) is 5.85. The van der Waals surface area contributed by atoms with Crippen molar-refractivity contribution in [3.63, 3.8) is 0 Å². The molecule has 33 heavy (non-hydrogen) atoms. The number of carbonyl (C=O) groups excluding carboxylic acids is 1. The molecule has 1 aliphatic rings. The van der Waals surface area contributed by atoms with E-state index in [-0.39, 0.29) is 29.9 Å². The molecule has 2 aromatic carbocycles. The van der Waals surface area contributed by atoms with Crippen molar-refractivity contribution in [2.75, 3.05) is 40.8 Å². The standard InChI is InChI=1S/C26H37N5O.HI/c1-27-26(28-15-14-21-8-7-9-24(18-21)25(32)30(2)3)29-19-22-10-12-23(13-11-22)20-31-16-5-4-6-17-31;/h7-13,18H,4-6,14-17,19-20H2,1-3H3,(H2,27,28,29);1H. The molecule has 2 N–H and O–H groups in total. The van der Waals surface area contributed by atoms with Gasteiger partial charge in [0.05, 0.1) is 0 Å². The maximum Gasteiger partial charge on any atom is 0.253 e. The number of carbonyl (C=O) groups is 1. The molecule has 1 fully saturated rings. The minimum Gasteiger partial charge on any atom is -0.356 e. The van der Waals surface area contributed by atoms with E-state index in [0.717, 1.165) is 43.1 Å². The topological polar surface area (TPSA) is 60.0 Å². The van der Waals surface area contributed by atoms with Crippen molar-refractivity contribution in [2.45, 2.75) is 38.8 Å². The van der Waals surface area contributed by atoms with Crippen molar-refractivity contribution in [2.24, 2.45) is 4.99 Å². The second kappa shape index (κ2) is 14.2. The summed E-state index contributed by atoms with van der Waals surface area (Å²) in [6, 6.07) is 16.7. The number of nitrogens with one attached hydrogen (secondary N) is 2. The van der Waals surface area contributed by atoms with Gasteiger partial charge in [-0.2, -0.15) is 0 Å². The molecule has 0 aromatic heterocycles. The molecule has 3 rings (SSSR count). The van der Waals surface area contributed by atoms with Gasteiger partial charge < -0.3 is 15.5 Å². The van der Waals surface area contributed by atoms with Gasteiger partial charge in [-0.1, -0.05) is 42.8 Å². The predicted molar refractivity (Wildman–Crippen MR) is 147 cm³/mol. The Labute approximate surface area is 215 Å². The van der Waals surface area contributed by atoms with E-state index in [0.29, 0.717) is 0 Å². The summed E-state index contributed by atoms with van der Waals surface area (Å²) in [5, 5.41) is 6.75. The molecule has 180 valence electrons. The van der Waals surface area contributed by atoms with Gasteiger partial charge in [0.15, 0.2) is 5.96 Å². The zero-order chi connectivity index (χ0) is 22.8. The van der Waals surface area contributed by atoms with Crippen LogP contribution in [-0.4, -0.2) is 62.4 Å². The number of aliphatic imine (C=N–C) groups is 1. The van der Waals surface area contributed by atoms with Gasteiger partial charge in [-0.05, 0) is 61.2 Å². The maximum absolute atomic E-state index is 12.1. The van der Waals surface area contributed by atoms with Crippen molar-refractivity contribution < 1.29 is 4.79 Å². The summed E-state index contributed by atoms with van der Waals surface area (Å²) in [5.41, 5.74) is 4.47. The molecule has 0 radical (unpaired) electrons. The average Bonchev–Trinajstić information content (AvgIpc) is 2.82. The Bertz CT molecular complexity index is 892. The van der Waals surface area contributed by atoms with Gasteiger partial charge in [0.2, 0.25) is 0 Å². The molecule has 0 aliphatic carbocycles. The lowest BCUT2D eigenvalue weighted by molar-refractivity contribution is 0.0827. The van der Waals surface area contributed by atoms with Crippen LogP contribution in [0.3, 0.4) is 0 Å². The van der Waals surface area contributed by atoms with E-state index in [1.807, 2.05) is 18.2 Å². The van der Waals surface area contributed by atoms with E-state index in [1.54, 1.807) is 26.0 Å². The molecule has 2 aromatic rings. The van der Waals surface area contributed by atoms with Gasteiger partial charge in [0.25, 0.3) is 5.91 Å². The molecule has 7 heteroatoms. The Hall–Kier alpha value is -2.13. The molecule has 6 nitrogen and oxygen atoms in total. The lowest BCUT2D eigenvalue weighted by Crippen LogP contribution is -2.37. The van der Waals surface area contributed by atoms with Crippen LogP contribution in [0.5, 0.6) is 0 Å². The number of rotatable bonds is 8.